The van der Waals surface area contributed by atoms with Gasteiger partial charge in [0.05, 0.1) is 11.1 Å². The highest BCUT2D eigenvalue weighted by atomic mass is 16.1. The Labute approximate surface area is 190 Å². The van der Waals surface area contributed by atoms with Crippen LogP contribution in [0.25, 0.3) is 33.5 Å². The molecule has 0 unspecified atom stereocenters. The molecule has 8 heteroatoms. The third-order valence-corrected chi connectivity index (χ3v) is 5.27. The molecule has 1 amide bonds. The van der Waals surface area contributed by atoms with Crippen LogP contribution in [0.5, 0.6) is 0 Å². The van der Waals surface area contributed by atoms with Crippen LogP contribution in [0.15, 0.2) is 79.1 Å². The Balaban J connectivity index is 1.34. The highest BCUT2D eigenvalue weighted by Gasteiger charge is 2.13. The molecule has 0 bridgehead atoms. The number of carbonyl (C=O) groups is 1. The van der Waals surface area contributed by atoms with E-state index in [4.69, 9.17) is 0 Å². The number of hydrogen-bond acceptors (Lipinski definition) is 6. The van der Waals surface area contributed by atoms with Gasteiger partial charge in [-0.3, -0.25) is 20.2 Å². The number of hydrogen-bond donors (Lipinski definition) is 2. The van der Waals surface area contributed by atoms with Crippen molar-refractivity contribution in [3.05, 3.63) is 84.7 Å². The van der Waals surface area contributed by atoms with Gasteiger partial charge in [-0.05, 0) is 35.9 Å². The quantitative estimate of drug-likeness (QED) is 0.424. The first-order chi connectivity index (χ1) is 16.1. The van der Waals surface area contributed by atoms with Gasteiger partial charge in [0.2, 0.25) is 5.95 Å². The average molecular weight is 435 g/mol. The van der Waals surface area contributed by atoms with Crippen molar-refractivity contribution in [3.63, 3.8) is 0 Å². The molecule has 0 aliphatic carbocycles. The highest BCUT2D eigenvalue weighted by molar-refractivity contribution is 6.03. The predicted octanol–water partition coefficient (Wildman–Crippen LogP) is 4.40. The molecule has 0 fully saturated rings. The molecule has 0 spiro atoms. The standard InChI is InChI=1S/C25H21N7O/c1-32(2)20-10-7-16(8-11-20)18-13-19(15-26-14-18)24(33)29-25-28-23(30-31-25)22-12-9-17-5-3-4-6-21(17)27-22/h3-15H,1-2H3,(H2,28,29,30,31,33). The summed E-state index contributed by atoms with van der Waals surface area (Å²) in [5.41, 5.74) is 4.85. The smallest absolute Gasteiger partial charge is 0.259 e. The summed E-state index contributed by atoms with van der Waals surface area (Å²) in [4.78, 5) is 28.0. The minimum atomic E-state index is -0.341. The van der Waals surface area contributed by atoms with E-state index in [0.29, 0.717) is 17.1 Å². The number of fused-ring (bicyclic) bond motifs is 1. The van der Waals surface area contributed by atoms with Gasteiger partial charge in [0.1, 0.15) is 5.69 Å². The van der Waals surface area contributed by atoms with Gasteiger partial charge in [-0.2, -0.15) is 4.98 Å². The zero-order valence-corrected chi connectivity index (χ0v) is 18.1. The minimum absolute atomic E-state index is 0.172. The van der Waals surface area contributed by atoms with Crippen molar-refractivity contribution in [2.75, 3.05) is 24.3 Å². The predicted molar refractivity (Wildman–Crippen MR) is 129 cm³/mol. The third kappa shape index (κ3) is 4.27. The lowest BCUT2D eigenvalue weighted by molar-refractivity contribution is 0.102. The summed E-state index contributed by atoms with van der Waals surface area (Å²) in [6.07, 6.45) is 3.25. The molecule has 2 aromatic carbocycles. The van der Waals surface area contributed by atoms with E-state index in [0.717, 1.165) is 27.7 Å². The van der Waals surface area contributed by atoms with Crippen molar-refractivity contribution >= 4 is 28.4 Å². The first kappa shape index (κ1) is 20.3. The maximum atomic E-state index is 12.8. The molecule has 3 heterocycles. The summed E-state index contributed by atoms with van der Waals surface area (Å²) in [6.45, 7) is 0. The van der Waals surface area contributed by atoms with Gasteiger partial charge >= 0.3 is 0 Å². The molecule has 8 nitrogen and oxygen atoms in total. The summed E-state index contributed by atoms with van der Waals surface area (Å²) in [5.74, 6) is 0.306. The molecule has 0 radical (unpaired) electrons. The lowest BCUT2D eigenvalue weighted by atomic mass is 10.1. The van der Waals surface area contributed by atoms with Crippen molar-refractivity contribution in [1.29, 1.82) is 0 Å². The molecule has 0 saturated carbocycles. The van der Waals surface area contributed by atoms with Crippen molar-refractivity contribution in [2.45, 2.75) is 0 Å². The van der Waals surface area contributed by atoms with Gasteiger partial charge in [0, 0.05) is 43.1 Å². The summed E-state index contributed by atoms with van der Waals surface area (Å²) >= 11 is 0. The Morgan fingerprint density at radius 3 is 2.55 bits per heavy atom. The van der Waals surface area contributed by atoms with Crippen LogP contribution >= 0.6 is 0 Å². The molecule has 0 saturated heterocycles. The zero-order valence-electron chi connectivity index (χ0n) is 18.1. The van der Waals surface area contributed by atoms with Crippen LogP contribution in [0.1, 0.15) is 10.4 Å². The molecular formula is C25H21N7O. The fraction of sp³-hybridized carbons (Fsp3) is 0.0800. The second-order valence-corrected chi connectivity index (χ2v) is 7.75. The van der Waals surface area contributed by atoms with Crippen LogP contribution in [0.2, 0.25) is 0 Å². The Morgan fingerprint density at radius 1 is 0.909 bits per heavy atom. The summed E-state index contributed by atoms with van der Waals surface area (Å²) in [6, 6.07) is 21.5. The van der Waals surface area contributed by atoms with Crippen LogP contribution < -0.4 is 10.2 Å². The van der Waals surface area contributed by atoms with Crippen LogP contribution in [0.4, 0.5) is 11.6 Å². The maximum Gasteiger partial charge on any atom is 0.259 e. The monoisotopic (exact) mass is 435 g/mol. The first-order valence-electron chi connectivity index (χ1n) is 10.4. The number of benzene rings is 2. The van der Waals surface area contributed by atoms with Crippen molar-refractivity contribution < 1.29 is 4.79 Å². The van der Waals surface area contributed by atoms with Gasteiger partial charge in [-0.25, -0.2) is 4.98 Å². The van der Waals surface area contributed by atoms with Crippen molar-refractivity contribution in [2.24, 2.45) is 0 Å². The van der Waals surface area contributed by atoms with E-state index in [1.54, 1.807) is 12.3 Å². The molecule has 162 valence electrons. The number of nitrogens with one attached hydrogen (secondary N) is 2. The maximum absolute atomic E-state index is 12.8. The minimum Gasteiger partial charge on any atom is -0.378 e. The fourth-order valence-electron chi connectivity index (χ4n) is 3.48. The summed E-state index contributed by atoms with van der Waals surface area (Å²) in [7, 11) is 3.98. The third-order valence-electron chi connectivity index (χ3n) is 5.27. The Kier molecular flexibility index (Phi) is 5.24. The fourth-order valence-corrected chi connectivity index (χ4v) is 3.48. The normalized spacial score (nSPS) is 10.8. The molecular weight excluding hydrogens is 414 g/mol. The van der Waals surface area contributed by atoms with Crippen molar-refractivity contribution in [1.82, 2.24) is 25.1 Å². The molecule has 0 atom stereocenters. The van der Waals surface area contributed by atoms with E-state index in [9.17, 15) is 4.79 Å². The van der Waals surface area contributed by atoms with E-state index < -0.39 is 0 Å². The Bertz CT molecular complexity index is 1440. The number of anilines is 2. The first-order valence-corrected chi connectivity index (χ1v) is 10.4. The molecule has 0 aliphatic heterocycles. The van der Waals surface area contributed by atoms with E-state index in [2.05, 4.69) is 30.5 Å². The van der Waals surface area contributed by atoms with Crippen LogP contribution in [-0.4, -0.2) is 45.2 Å². The largest absolute Gasteiger partial charge is 0.378 e. The van der Waals surface area contributed by atoms with Gasteiger partial charge in [-0.1, -0.05) is 36.4 Å². The number of rotatable bonds is 5. The molecule has 5 rings (SSSR count). The molecule has 3 aromatic heterocycles. The van der Waals surface area contributed by atoms with Crippen LogP contribution in [-0.2, 0) is 0 Å². The average Bonchev–Trinajstić information content (AvgIpc) is 3.32. The van der Waals surface area contributed by atoms with Crippen LogP contribution in [0, 0.1) is 0 Å². The van der Waals surface area contributed by atoms with Crippen molar-refractivity contribution in [3.8, 4) is 22.6 Å². The Hall–Kier alpha value is -4.59. The van der Waals surface area contributed by atoms with Gasteiger partial charge in [-0.15, -0.1) is 5.10 Å². The SMILES string of the molecule is CN(C)c1ccc(-c2cncc(C(=O)Nc3n[nH]c(-c4ccc5ccccc5n4)n3)c2)cc1. The van der Waals surface area contributed by atoms with E-state index in [-0.39, 0.29) is 11.9 Å². The zero-order chi connectivity index (χ0) is 22.8. The summed E-state index contributed by atoms with van der Waals surface area (Å²) < 4.78 is 0. The highest BCUT2D eigenvalue weighted by Crippen LogP contribution is 2.23. The second-order valence-electron chi connectivity index (χ2n) is 7.75. The van der Waals surface area contributed by atoms with Gasteiger partial charge < -0.3 is 4.90 Å². The number of carbonyl (C=O) groups excluding carboxylic acids is 1. The molecule has 0 aliphatic rings. The number of aromatic amines is 1. The van der Waals surface area contributed by atoms with Gasteiger partial charge in [0.15, 0.2) is 5.82 Å². The molecule has 33 heavy (non-hydrogen) atoms. The number of pyridine rings is 2. The molecule has 2 N–H and O–H groups in total. The summed E-state index contributed by atoms with van der Waals surface area (Å²) in [5, 5.41) is 10.7. The van der Waals surface area contributed by atoms with Gasteiger partial charge in [0.25, 0.3) is 5.91 Å². The lowest BCUT2D eigenvalue weighted by Crippen LogP contribution is -2.13. The number of amides is 1. The number of para-hydroxylation sites is 1. The number of H-pyrrole nitrogens is 1. The number of aromatic nitrogens is 5. The Morgan fingerprint density at radius 2 is 1.73 bits per heavy atom. The van der Waals surface area contributed by atoms with Crippen LogP contribution in [0.3, 0.4) is 0 Å². The van der Waals surface area contributed by atoms with E-state index >= 15 is 0 Å². The molecule has 5 aromatic rings. The number of nitrogens with zero attached hydrogens (tertiary/aromatic N) is 5. The van der Waals surface area contributed by atoms with E-state index in [1.807, 2.05) is 79.7 Å². The second kappa shape index (κ2) is 8.51. The topological polar surface area (TPSA) is 99.7 Å². The van der Waals surface area contributed by atoms with E-state index in [1.165, 1.54) is 6.20 Å². The lowest BCUT2D eigenvalue weighted by Gasteiger charge is -2.12.